The molecular formula is C17H22N2O4. The molecule has 0 atom stereocenters. The Kier molecular flexibility index (Phi) is 3.77. The normalized spacial score (nSPS) is 21.4. The van der Waals surface area contributed by atoms with Crippen molar-refractivity contribution in [3.05, 3.63) is 17.7 Å². The number of fused-ring (bicyclic) bond motifs is 1. The van der Waals surface area contributed by atoms with Crippen LogP contribution in [0.3, 0.4) is 0 Å². The van der Waals surface area contributed by atoms with Gasteiger partial charge in [0, 0.05) is 30.1 Å². The number of rotatable bonds is 4. The van der Waals surface area contributed by atoms with E-state index in [2.05, 4.69) is 10.2 Å². The Hall–Kier alpha value is -1.95. The van der Waals surface area contributed by atoms with Crippen LogP contribution in [0.15, 0.2) is 12.1 Å². The van der Waals surface area contributed by atoms with Crippen molar-refractivity contribution in [2.45, 2.75) is 38.3 Å². The number of nitrogens with zero attached hydrogens (tertiary/aromatic N) is 1. The van der Waals surface area contributed by atoms with Crippen LogP contribution in [0, 0.1) is 5.92 Å². The summed E-state index contributed by atoms with van der Waals surface area (Å²) in [5.74, 6) is 1.89. The lowest BCUT2D eigenvalue weighted by atomic mass is 9.95. The van der Waals surface area contributed by atoms with Gasteiger partial charge in [0.15, 0.2) is 11.5 Å². The topological polar surface area (TPSA) is 71.0 Å². The van der Waals surface area contributed by atoms with Crippen LogP contribution in [-0.2, 0) is 11.3 Å². The van der Waals surface area contributed by atoms with Gasteiger partial charge in [0.2, 0.25) is 12.7 Å². The van der Waals surface area contributed by atoms with E-state index in [4.69, 9.17) is 9.47 Å². The molecule has 2 heterocycles. The number of amides is 1. The quantitative estimate of drug-likeness (QED) is 0.882. The van der Waals surface area contributed by atoms with E-state index in [1.54, 1.807) is 6.07 Å². The molecule has 124 valence electrons. The van der Waals surface area contributed by atoms with Crippen molar-refractivity contribution in [1.29, 1.82) is 0 Å². The third kappa shape index (κ3) is 3.22. The van der Waals surface area contributed by atoms with E-state index in [0.717, 1.165) is 44.3 Å². The maximum atomic E-state index is 12.1. The molecule has 2 aliphatic heterocycles. The van der Waals surface area contributed by atoms with E-state index >= 15 is 0 Å². The van der Waals surface area contributed by atoms with Crippen molar-refractivity contribution in [3.8, 4) is 17.2 Å². The van der Waals surface area contributed by atoms with Crippen molar-refractivity contribution in [1.82, 2.24) is 10.2 Å². The summed E-state index contributed by atoms with van der Waals surface area (Å²) < 4.78 is 10.6. The fourth-order valence-corrected chi connectivity index (χ4v) is 3.24. The van der Waals surface area contributed by atoms with E-state index in [0.29, 0.717) is 24.1 Å². The van der Waals surface area contributed by atoms with Crippen molar-refractivity contribution in [3.63, 3.8) is 0 Å². The Bertz CT molecular complexity index is 607. The Morgan fingerprint density at radius 1 is 1.17 bits per heavy atom. The average molecular weight is 318 g/mol. The summed E-state index contributed by atoms with van der Waals surface area (Å²) in [6.45, 7) is 2.62. The first-order valence-electron chi connectivity index (χ1n) is 8.33. The van der Waals surface area contributed by atoms with Crippen molar-refractivity contribution in [2.75, 3.05) is 19.9 Å². The maximum absolute atomic E-state index is 12.1. The number of carbonyl (C=O) groups is 1. The van der Waals surface area contributed by atoms with Gasteiger partial charge in [0.25, 0.3) is 0 Å². The standard InChI is InChI=1S/C17H22N2O4/c20-14-8-16-15(22-10-23-16)7-12(14)9-19-5-3-11(4-6-19)17(21)18-13-1-2-13/h7-8,11,13,20H,1-6,9-10H2,(H,18,21). The number of aromatic hydroxyl groups is 1. The molecule has 6 heteroatoms. The number of piperidine rings is 1. The van der Waals surface area contributed by atoms with Crippen LogP contribution in [0.25, 0.3) is 0 Å². The second-order valence-electron chi connectivity index (χ2n) is 6.67. The van der Waals surface area contributed by atoms with Crippen LogP contribution in [0.4, 0.5) is 0 Å². The highest BCUT2D eigenvalue weighted by Gasteiger charge is 2.30. The molecular weight excluding hydrogens is 296 g/mol. The molecule has 2 N–H and O–H groups in total. The van der Waals surface area contributed by atoms with Gasteiger partial charge in [-0.05, 0) is 44.8 Å². The van der Waals surface area contributed by atoms with E-state index < -0.39 is 0 Å². The Labute approximate surface area is 135 Å². The third-order valence-electron chi connectivity index (χ3n) is 4.85. The van der Waals surface area contributed by atoms with Gasteiger partial charge in [-0.15, -0.1) is 0 Å². The number of carbonyl (C=O) groups excluding carboxylic acids is 1. The highest BCUT2D eigenvalue weighted by molar-refractivity contribution is 5.79. The summed E-state index contributed by atoms with van der Waals surface area (Å²) in [6, 6.07) is 3.91. The number of hydrogen-bond acceptors (Lipinski definition) is 5. The maximum Gasteiger partial charge on any atom is 0.231 e. The van der Waals surface area contributed by atoms with Gasteiger partial charge in [-0.3, -0.25) is 9.69 Å². The molecule has 1 aromatic carbocycles. The minimum Gasteiger partial charge on any atom is -0.507 e. The lowest BCUT2D eigenvalue weighted by Crippen LogP contribution is -2.40. The summed E-state index contributed by atoms with van der Waals surface area (Å²) in [7, 11) is 0. The second-order valence-corrected chi connectivity index (χ2v) is 6.67. The number of benzene rings is 1. The fourth-order valence-electron chi connectivity index (χ4n) is 3.24. The number of hydrogen-bond donors (Lipinski definition) is 2. The fraction of sp³-hybridized carbons (Fsp3) is 0.588. The molecule has 6 nitrogen and oxygen atoms in total. The Morgan fingerprint density at radius 2 is 1.87 bits per heavy atom. The first-order chi connectivity index (χ1) is 11.2. The molecule has 1 saturated carbocycles. The van der Waals surface area contributed by atoms with E-state index in [-0.39, 0.29) is 24.4 Å². The molecule has 1 saturated heterocycles. The van der Waals surface area contributed by atoms with Crippen LogP contribution in [0.2, 0.25) is 0 Å². The van der Waals surface area contributed by atoms with Gasteiger partial charge in [-0.1, -0.05) is 0 Å². The lowest BCUT2D eigenvalue weighted by molar-refractivity contribution is -0.126. The number of phenolic OH excluding ortho intramolecular Hbond substituents is 1. The molecule has 2 fully saturated rings. The Balaban J connectivity index is 1.33. The zero-order chi connectivity index (χ0) is 15.8. The van der Waals surface area contributed by atoms with Gasteiger partial charge in [-0.25, -0.2) is 0 Å². The summed E-state index contributed by atoms with van der Waals surface area (Å²) in [5.41, 5.74) is 0.843. The zero-order valence-electron chi connectivity index (χ0n) is 13.1. The number of likely N-dealkylation sites (tertiary alicyclic amines) is 1. The van der Waals surface area contributed by atoms with E-state index in [9.17, 15) is 9.90 Å². The van der Waals surface area contributed by atoms with E-state index in [1.807, 2.05) is 6.07 Å². The predicted octanol–water partition coefficient (Wildman–Crippen LogP) is 1.61. The first-order valence-corrected chi connectivity index (χ1v) is 8.33. The molecule has 0 radical (unpaired) electrons. The third-order valence-corrected chi connectivity index (χ3v) is 4.85. The van der Waals surface area contributed by atoms with Gasteiger partial charge < -0.3 is 19.9 Å². The SMILES string of the molecule is O=C(NC1CC1)C1CCN(Cc2cc3c(cc2O)OCO3)CC1. The van der Waals surface area contributed by atoms with E-state index in [1.165, 1.54) is 0 Å². The van der Waals surface area contributed by atoms with Gasteiger partial charge in [-0.2, -0.15) is 0 Å². The summed E-state index contributed by atoms with van der Waals surface area (Å²) in [4.78, 5) is 14.4. The van der Waals surface area contributed by atoms with Crippen LogP contribution >= 0.6 is 0 Å². The summed E-state index contributed by atoms with van der Waals surface area (Å²) in [5, 5.41) is 13.2. The summed E-state index contributed by atoms with van der Waals surface area (Å²) in [6.07, 6.45) is 4.02. The number of phenols is 1. The Morgan fingerprint density at radius 3 is 2.57 bits per heavy atom. The molecule has 4 rings (SSSR count). The van der Waals surface area contributed by atoms with Crippen LogP contribution in [-0.4, -0.2) is 41.8 Å². The highest BCUT2D eigenvalue weighted by Crippen LogP contribution is 2.38. The highest BCUT2D eigenvalue weighted by atomic mass is 16.7. The minimum atomic E-state index is 0.136. The zero-order valence-corrected chi connectivity index (χ0v) is 13.1. The van der Waals surface area contributed by atoms with Crippen LogP contribution in [0.1, 0.15) is 31.2 Å². The first kappa shape index (κ1) is 14.6. The van der Waals surface area contributed by atoms with Crippen molar-refractivity contribution in [2.24, 2.45) is 5.92 Å². The largest absolute Gasteiger partial charge is 0.507 e. The second kappa shape index (κ2) is 5.92. The molecule has 23 heavy (non-hydrogen) atoms. The minimum absolute atomic E-state index is 0.136. The molecule has 0 aromatic heterocycles. The molecule has 1 amide bonds. The van der Waals surface area contributed by atoms with Gasteiger partial charge >= 0.3 is 0 Å². The summed E-state index contributed by atoms with van der Waals surface area (Å²) >= 11 is 0. The average Bonchev–Trinajstić information content (AvgIpc) is 3.25. The van der Waals surface area contributed by atoms with Crippen LogP contribution < -0.4 is 14.8 Å². The molecule has 0 unspecified atom stereocenters. The van der Waals surface area contributed by atoms with Crippen molar-refractivity contribution < 1.29 is 19.4 Å². The van der Waals surface area contributed by atoms with Gasteiger partial charge in [0.05, 0.1) is 0 Å². The molecule has 1 aromatic rings. The number of ether oxygens (including phenoxy) is 2. The smallest absolute Gasteiger partial charge is 0.231 e. The van der Waals surface area contributed by atoms with Crippen LogP contribution in [0.5, 0.6) is 17.2 Å². The predicted molar refractivity (Wildman–Crippen MR) is 83.4 cm³/mol. The molecule has 0 bridgehead atoms. The lowest BCUT2D eigenvalue weighted by Gasteiger charge is -2.31. The monoisotopic (exact) mass is 318 g/mol. The molecule has 3 aliphatic rings. The van der Waals surface area contributed by atoms with Gasteiger partial charge in [0.1, 0.15) is 5.75 Å². The molecule has 1 aliphatic carbocycles. The van der Waals surface area contributed by atoms with Crippen molar-refractivity contribution >= 4 is 5.91 Å². The molecule has 0 spiro atoms. The number of nitrogens with one attached hydrogen (secondary N) is 1.